The summed E-state index contributed by atoms with van der Waals surface area (Å²) in [6, 6.07) is 11.6. The second-order valence-electron chi connectivity index (χ2n) is 4.70. The van der Waals surface area contributed by atoms with E-state index >= 15 is 0 Å². The molecule has 5 heteroatoms. The normalized spacial score (nSPS) is 13.8. The maximum Gasteiger partial charge on any atom is 0.133 e. The van der Waals surface area contributed by atoms with Gasteiger partial charge in [0.05, 0.1) is 17.7 Å². The fourth-order valence-corrected chi connectivity index (χ4v) is 2.86. The van der Waals surface area contributed by atoms with E-state index in [0.29, 0.717) is 16.9 Å². The molecule has 0 saturated carbocycles. The smallest absolute Gasteiger partial charge is 0.133 e. The van der Waals surface area contributed by atoms with Crippen molar-refractivity contribution < 1.29 is 14.2 Å². The first-order valence-corrected chi connectivity index (χ1v) is 7.33. The van der Waals surface area contributed by atoms with E-state index in [1.807, 2.05) is 0 Å². The summed E-state index contributed by atoms with van der Waals surface area (Å²) in [5.41, 5.74) is 6.81. The van der Waals surface area contributed by atoms with E-state index in [1.54, 1.807) is 43.5 Å². The molecule has 0 radical (unpaired) electrons. The summed E-state index contributed by atoms with van der Waals surface area (Å²) in [5.74, 6) is -0.202. The lowest BCUT2D eigenvalue weighted by molar-refractivity contribution is 0.145. The van der Waals surface area contributed by atoms with E-state index in [0.717, 1.165) is 4.47 Å². The second-order valence-corrected chi connectivity index (χ2v) is 5.56. The quantitative estimate of drug-likeness (QED) is 0.866. The summed E-state index contributed by atoms with van der Waals surface area (Å²) < 4.78 is 19.8. The van der Waals surface area contributed by atoms with Crippen LogP contribution in [-0.4, -0.2) is 18.8 Å². The number of aliphatic hydroxyl groups excluding tert-OH is 1. The van der Waals surface area contributed by atoms with Gasteiger partial charge in [0.25, 0.3) is 0 Å². The Hall–Kier alpha value is -1.43. The average Bonchev–Trinajstić information content (AvgIpc) is 2.49. The molecule has 21 heavy (non-hydrogen) atoms. The Morgan fingerprint density at radius 3 is 2.57 bits per heavy atom. The first-order chi connectivity index (χ1) is 10.1. The molecule has 112 valence electrons. The number of rotatable bonds is 5. The molecule has 0 aliphatic rings. The lowest BCUT2D eigenvalue weighted by atomic mass is 9.89. The van der Waals surface area contributed by atoms with E-state index in [-0.39, 0.29) is 12.4 Å². The predicted octanol–water partition coefficient (Wildman–Crippen LogP) is 3.37. The van der Waals surface area contributed by atoms with Gasteiger partial charge in [0, 0.05) is 12.5 Å². The number of benzene rings is 2. The molecule has 0 spiro atoms. The van der Waals surface area contributed by atoms with Crippen molar-refractivity contribution in [2.75, 3.05) is 13.7 Å². The van der Waals surface area contributed by atoms with Crippen LogP contribution < -0.4 is 10.5 Å². The predicted molar refractivity (Wildman–Crippen MR) is 83.8 cm³/mol. The van der Waals surface area contributed by atoms with Crippen LogP contribution in [-0.2, 0) is 0 Å². The molecule has 0 heterocycles. The first-order valence-electron chi connectivity index (χ1n) is 6.54. The van der Waals surface area contributed by atoms with Gasteiger partial charge in [0.2, 0.25) is 0 Å². The van der Waals surface area contributed by atoms with E-state index in [2.05, 4.69) is 15.9 Å². The van der Waals surface area contributed by atoms with Crippen molar-refractivity contribution in [3.8, 4) is 5.75 Å². The monoisotopic (exact) mass is 353 g/mol. The highest BCUT2D eigenvalue weighted by atomic mass is 79.9. The molecule has 2 atom stereocenters. The van der Waals surface area contributed by atoms with Gasteiger partial charge in [-0.05, 0) is 45.3 Å². The number of hydrogen-bond donors (Lipinski definition) is 2. The van der Waals surface area contributed by atoms with Gasteiger partial charge < -0.3 is 15.6 Å². The summed E-state index contributed by atoms with van der Waals surface area (Å²) in [6.45, 7) is 0.145. The Balaban J connectivity index is 2.34. The zero-order valence-corrected chi connectivity index (χ0v) is 13.2. The molecule has 2 aromatic carbocycles. The Bertz CT molecular complexity index is 621. The highest BCUT2D eigenvalue weighted by molar-refractivity contribution is 9.10. The van der Waals surface area contributed by atoms with Gasteiger partial charge in [0.15, 0.2) is 0 Å². The van der Waals surface area contributed by atoms with Crippen molar-refractivity contribution >= 4 is 15.9 Å². The lowest BCUT2D eigenvalue weighted by Gasteiger charge is -2.23. The summed E-state index contributed by atoms with van der Waals surface area (Å²) >= 11 is 3.38. The lowest BCUT2D eigenvalue weighted by Crippen LogP contribution is -2.21. The van der Waals surface area contributed by atoms with Gasteiger partial charge in [-0.3, -0.25) is 0 Å². The van der Waals surface area contributed by atoms with Crippen molar-refractivity contribution in [1.29, 1.82) is 0 Å². The molecule has 0 amide bonds. The van der Waals surface area contributed by atoms with Gasteiger partial charge in [-0.2, -0.15) is 0 Å². The molecular weight excluding hydrogens is 337 g/mol. The average molecular weight is 354 g/mol. The third-order valence-corrected chi connectivity index (χ3v) is 4.08. The minimum absolute atomic E-state index is 0.145. The van der Waals surface area contributed by atoms with Gasteiger partial charge in [-0.1, -0.05) is 24.3 Å². The fraction of sp³-hybridized carbons (Fsp3) is 0.250. The van der Waals surface area contributed by atoms with Crippen LogP contribution in [0.3, 0.4) is 0 Å². The third-order valence-electron chi connectivity index (χ3n) is 3.46. The van der Waals surface area contributed by atoms with Crippen LogP contribution in [0.2, 0.25) is 0 Å². The Kier molecular flexibility index (Phi) is 5.33. The Morgan fingerprint density at radius 1 is 1.29 bits per heavy atom. The largest absolute Gasteiger partial charge is 0.496 e. The van der Waals surface area contributed by atoms with E-state index in [1.165, 1.54) is 6.07 Å². The van der Waals surface area contributed by atoms with E-state index < -0.39 is 12.0 Å². The summed E-state index contributed by atoms with van der Waals surface area (Å²) in [7, 11) is 1.57. The maximum atomic E-state index is 13.9. The van der Waals surface area contributed by atoms with Crippen LogP contribution in [0.15, 0.2) is 46.9 Å². The van der Waals surface area contributed by atoms with Crippen molar-refractivity contribution in [3.63, 3.8) is 0 Å². The third kappa shape index (κ3) is 3.43. The zero-order valence-electron chi connectivity index (χ0n) is 11.6. The topological polar surface area (TPSA) is 55.5 Å². The molecule has 0 aromatic heterocycles. The highest BCUT2D eigenvalue weighted by Gasteiger charge is 2.24. The van der Waals surface area contributed by atoms with Gasteiger partial charge in [0.1, 0.15) is 11.6 Å². The van der Waals surface area contributed by atoms with Crippen LogP contribution in [0.25, 0.3) is 0 Å². The Labute approximate surface area is 131 Å². The van der Waals surface area contributed by atoms with Crippen LogP contribution in [0, 0.1) is 5.82 Å². The minimum Gasteiger partial charge on any atom is -0.496 e. The van der Waals surface area contributed by atoms with Gasteiger partial charge in [-0.25, -0.2) is 4.39 Å². The van der Waals surface area contributed by atoms with Crippen molar-refractivity contribution in [2.45, 2.75) is 12.0 Å². The van der Waals surface area contributed by atoms with Crippen molar-refractivity contribution in [1.82, 2.24) is 0 Å². The molecule has 0 fully saturated rings. The van der Waals surface area contributed by atoms with Crippen LogP contribution in [0.1, 0.15) is 23.1 Å². The maximum absolute atomic E-state index is 13.9. The second kappa shape index (κ2) is 7.02. The van der Waals surface area contributed by atoms with Crippen molar-refractivity contribution in [2.24, 2.45) is 5.73 Å². The molecule has 2 aromatic rings. The molecule has 0 aliphatic heterocycles. The fourth-order valence-electron chi connectivity index (χ4n) is 2.30. The minimum atomic E-state index is -0.894. The van der Waals surface area contributed by atoms with Gasteiger partial charge >= 0.3 is 0 Å². The van der Waals surface area contributed by atoms with E-state index in [4.69, 9.17) is 10.5 Å². The standard InChI is InChI=1S/C16H17BrFNO2/c1-21-15-7-6-10(8-13(15)17)16(20)12(9-19)11-4-2-3-5-14(11)18/h2-8,12,16,20H,9,19H2,1H3. The number of ether oxygens (including phenoxy) is 1. The highest BCUT2D eigenvalue weighted by Crippen LogP contribution is 2.35. The Morgan fingerprint density at radius 2 is 2.00 bits per heavy atom. The number of halogens is 2. The van der Waals surface area contributed by atoms with E-state index in [9.17, 15) is 9.50 Å². The molecule has 3 N–H and O–H groups in total. The number of methoxy groups -OCH3 is 1. The first kappa shape index (κ1) is 15.9. The zero-order chi connectivity index (χ0) is 15.4. The summed E-state index contributed by atoms with van der Waals surface area (Å²) in [5, 5.41) is 10.5. The molecular formula is C16H17BrFNO2. The number of hydrogen-bond acceptors (Lipinski definition) is 3. The summed E-state index contributed by atoms with van der Waals surface area (Å²) in [6.07, 6.45) is -0.894. The molecule has 2 unspecified atom stereocenters. The van der Waals surface area contributed by atoms with Crippen LogP contribution in [0.4, 0.5) is 4.39 Å². The summed E-state index contributed by atoms with van der Waals surface area (Å²) in [4.78, 5) is 0. The van der Waals surface area contributed by atoms with Crippen LogP contribution in [0.5, 0.6) is 5.75 Å². The number of nitrogens with two attached hydrogens (primary N) is 1. The molecule has 0 aliphatic carbocycles. The molecule has 0 bridgehead atoms. The number of aliphatic hydroxyl groups is 1. The molecule has 2 rings (SSSR count). The van der Waals surface area contributed by atoms with Crippen molar-refractivity contribution in [3.05, 3.63) is 63.9 Å². The SMILES string of the molecule is COc1ccc(C(O)C(CN)c2ccccc2F)cc1Br. The molecule has 3 nitrogen and oxygen atoms in total. The van der Waals surface area contributed by atoms with Crippen LogP contribution >= 0.6 is 15.9 Å². The van der Waals surface area contributed by atoms with Gasteiger partial charge in [-0.15, -0.1) is 0 Å². The molecule has 0 saturated heterocycles.